The summed E-state index contributed by atoms with van der Waals surface area (Å²) in [5.41, 5.74) is 7.18. The van der Waals surface area contributed by atoms with Gasteiger partial charge >= 0.3 is 0 Å². The summed E-state index contributed by atoms with van der Waals surface area (Å²) in [5, 5.41) is 2.88. The van der Waals surface area contributed by atoms with E-state index >= 15 is 0 Å². The summed E-state index contributed by atoms with van der Waals surface area (Å²) in [6.45, 7) is 5.37. The molecule has 0 aliphatic carbocycles. The summed E-state index contributed by atoms with van der Waals surface area (Å²) < 4.78 is 2.07. The van der Waals surface area contributed by atoms with Crippen molar-refractivity contribution in [2.75, 3.05) is 0 Å². The molecule has 0 spiro atoms. The molecule has 0 fully saturated rings. The number of hydrogen-bond donors (Lipinski definition) is 2. The summed E-state index contributed by atoms with van der Waals surface area (Å²) >= 11 is 0. The highest BCUT2D eigenvalue weighted by molar-refractivity contribution is 5.81. The standard InChI is InChI=1S/C18H26N4O/c1-14(2)12-16(19)18(23)21-13-17-20-9-11-22(17)10-8-15-6-4-3-5-7-15/h3-7,9,11,14,16H,8,10,12-13,19H2,1-2H3,(H,21,23)/t16-/m0/s1. The van der Waals surface area contributed by atoms with Gasteiger partial charge in [-0.1, -0.05) is 44.2 Å². The van der Waals surface area contributed by atoms with E-state index in [4.69, 9.17) is 5.73 Å². The van der Waals surface area contributed by atoms with Crippen LogP contribution in [0.4, 0.5) is 0 Å². The van der Waals surface area contributed by atoms with Gasteiger partial charge in [-0.3, -0.25) is 4.79 Å². The molecular weight excluding hydrogens is 288 g/mol. The summed E-state index contributed by atoms with van der Waals surface area (Å²) in [7, 11) is 0. The van der Waals surface area contributed by atoms with Crippen LogP contribution in [0.1, 0.15) is 31.7 Å². The average molecular weight is 314 g/mol. The van der Waals surface area contributed by atoms with Gasteiger partial charge in [0.25, 0.3) is 0 Å². The molecule has 1 heterocycles. The lowest BCUT2D eigenvalue weighted by molar-refractivity contribution is -0.122. The number of amides is 1. The quantitative estimate of drug-likeness (QED) is 0.784. The minimum absolute atomic E-state index is 0.115. The second-order valence-corrected chi connectivity index (χ2v) is 6.23. The van der Waals surface area contributed by atoms with Crippen molar-refractivity contribution in [1.29, 1.82) is 0 Å². The van der Waals surface area contributed by atoms with Gasteiger partial charge in [0.05, 0.1) is 12.6 Å². The van der Waals surface area contributed by atoms with Gasteiger partial charge in [0.1, 0.15) is 5.82 Å². The first-order valence-corrected chi connectivity index (χ1v) is 8.13. The topological polar surface area (TPSA) is 72.9 Å². The van der Waals surface area contributed by atoms with Gasteiger partial charge in [0, 0.05) is 18.9 Å². The fourth-order valence-electron chi connectivity index (χ4n) is 2.52. The molecule has 0 aliphatic rings. The zero-order valence-electron chi connectivity index (χ0n) is 13.9. The van der Waals surface area contributed by atoms with E-state index in [0.717, 1.165) is 18.8 Å². The summed E-state index contributed by atoms with van der Waals surface area (Å²) in [5.74, 6) is 1.14. The molecule has 1 amide bonds. The zero-order valence-corrected chi connectivity index (χ0v) is 13.9. The van der Waals surface area contributed by atoms with E-state index in [9.17, 15) is 4.79 Å². The smallest absolute Gasteiger partial charge is 0.237 e. The van der Waals surface area contributed by atoms with Crippen LogP contribution in [0.5, 0.6) is 0 Å². The van der Waals surface area contributed by atoms with Crippen LogP contribution in [-0.4, -0.2) is 21.5 Å². The largest absolute Gasteiger partial charge is 0.348 e. The van der Waals surface area contributed by atoms with Crippen molar-refractivity contribution < 1.29 is 4.79 Å². The number of nitrogens with two attached hydrogens (primary N) is 1. The maximum atomic E-state index is 12.0. The number of nitrogens with zero attached hydrogens (tertiary/aromatic N) is 2. The van der Waals surface area contributed by atoms with Gasteiger partial charge in [0.15, 0.2) is 0 Å². The lowest BCUT2D eigenvalue weighted by atomic mass is 10.0. The molecular formula is C18H26N4O. The van der Waals surface area contributed by atoms with Crippen LogP contribution in [0.15, 0.2) is 42.7 Å². The molecule has 0 unspecified atom stereocenters. The first kappa shape index (κ1) is 17.2. The number of rotatable bonds is 8. The molecule has 0 saturated heterocycles. The minimum Gasteiger partial charge on any atom is -0.348 e. The van der Waals surface area contributed by atoms with Crippen molar-refractivity contribution in [3.8, 4) is 0 Å². The molecule has 1 aromatic carbocycles. The molecule has 2 rings (SSSR count). The van der Waals surface area contributed by atoms with E-state index in [1.807, 2.05) is 24.4 Å². The summed E-state index contributed by atoms with van der Waals surface area (Å²) in [6.07, 6.45) is 5.33. The van der Waals surface area contributed by atoms with Crippen LogP contribution >= 0.6 is 0 Å². The third-order valence-electron chi connectivity index (χ3n) is 3.77. The van der Waals surface area contributed by atoms with Gasteiger partial charge in [-0.05, 0) is 24.3 Å². The normalized spacial score (nSPS) is 12.3. The van der Waals surface area contributed by atoms with Gasteiger partial charge in [-0.2, -0.15) is 0 Å². The van der Waals surface area contributed by atoms with Gasteiger partial charge in [-0.15, -0.1) is 0 Å². The predicted octanol–water partition coefficient (Wildman–Crippen LogP) is 2.12. The monoisotopic (exact) mass is 314 g/mol. The number of carbonyl (C=O) groups excluding carboxylic acids is 1. The van der Waals surface area contributed by atoms with Crippen molar-refractivity contribution in [1.82, 2.24) is 14.9 Å². The lowest BCUT2D eigenvalue weighted by Gasteiger charge is -2.14. The third kappa shape index (κ3) is 5.53. The van der Waals surface area contributed by atoms with E-state index < -0.39 is 6.04 Å². The van der Waals surface area contributed by atoms with Crippen LogP contribution in [0.25, 0.3) is 0 Å². The van der Waals surface area contributed by atoms with Gasteiger partial charge in [-0.25, -0.2) is 4.98 Å². The highest BCUT2D eigenvalue weighted by Gasteiger charge is 2.15. The Morgan fingerprint density at radius 2 is 2.04 bits per heavy atom. The summed E-state index contributed by atoms with van der Waals surface area (Å²) in [6, 6.07) is 9.87. The Bertz CT molecular complexity index is 606. The number of aromatic nitrogens is 2. The third-order valence-corrected chi connectivity index (χ3v) is 3.77. The maximum Gasteiger partial charge on any atom is 0.237 e. The molecule has 5 heteroatoms. The first-order chi connectivity index (χ1) is 11.1. The number of hydrogen-bond acceptors (Lipinski definition) is 3. The molecule has 1 atom stereocenters. The number of nitrogens with one attached hydrogen (secondary N) is 1. The Morgan fingerprint density at radius 3 is 2.74 bits per heavy atom. The molecule has 5 nitrogen and oxygen atoms in total. The van der Waals surface area contributed by atoms with Crippen molar-refractivity contribution in [2.45, 2.75) is 45.8 Å². The summed E-state index contributed by atoms with van der Waals surface area (Å²) in [4.78, 5) is 16.3. The van der Waals surface area contributed by atoms with Gasteiger partial charge in [0.2, 0.25) is 5.91 Å². The van der Waals surface area contributed by atoms with Crippen LogP contribution in [-0.2, 0) is 24.3 Å². The Balaban J connectivity index is 1.85. The van der Waals surface area contributed by atoms with Crippen molar-refractivity contribution in [2.24, 2.45) is 11.7 Å². The van der Waals surface area contributed by atoms with E-state index in [1.54, 1.807) is 6.20 Å². The first-order valence-electron chi connectivity index (χ1n) is 8.13. The second kappa shape index (κ2) is 8.48. The van der Waals surface area contributed by atoms with Crippen LogP contribution in [0.2, 0.25) is 0 Å². The molecule has 0 radical (unpaired) electrons. The molecule has 0 aliphatic heterocycles. The molecule has 3 N–H and O–H groups in total. The number of imidazole rings is 1. The molecule has 1 aromatic heterocycles. The highest BCUT2D eigenvalue weighted by atomic mass is 16.2. The Hall–Kier alpha value is -2.14. The molecule has 0 bridgehead atoms. The zero-order chi connectivity index (χ0) is 16.7. The minimum atomic E-state index is -0.456. The Morgan fingerprint density at radius 1 is 1.30 bits per heavy atom. The van der Waals surface area contributed by atoms with E-state index in [0.29, 0.717) is 18.9 Å². The Labute approximate surface area is 137 Å². The molecule has 23 heavy (non-hydrogen) atoms. The molecule has 124 valence electrons. The average Bonchev–Trinajstić information content (AvgIpc) is 2.98. The van der Waals surface area contributed by atoms with Crippen molar-refractivity contribution in [3.63, 3.8) is 0 Å². The fraction of sp³-hybridized carbons (Fsp3) is 0.444. The van der Waals surface area contributed by atoms with Crippen LogP contribution < -0.4 is 11.1 Å². The van der Waals surface area contributed by atoms with E-state index in [-0.39, 0.29) is 5.91 Å². The second-order valence-electron chi connectivity index (χ2n) is 6.23. The van der Waals surface area contributed by atoms with E-state index in [1.165, 1.54) is 5.56 Å². The van der Waals surface area contributed by atoms with Crippen molar-refractivity contribution >= 4 is 5.91 Å². The van der Waals surface area contributed by atoms with Crippen LogP contribution in [0.3, 0.4) is 0 Å². The van der Waals surface area contributed by atoms with Crippen LogP contribution in [0, 0.1) is 5.92 Å². The van der Waals surface area contributed by atoms with Crippen molar-refractivity contribution in [3.05, 3.63) is 54.1 Å². The Kier molecular flexibility index (Phi) is 6.35. The highest BCUT2D eigenvalue weighted by Crippen LogP contribution is 2.05. The SMILES string of the molecule is CC(C)C[C@H](N)C(=O)NCc1nccn1CCc1ccccc1. The number of benzene rings is 1. The van der Waals surface area contributed by atoms with E-state index in [2.05, 4.69) is 40.8 Å². The number of aryl methyl sites for hydroxylation is 2. The lowest BCUT2D eigenvalue weighted by Crippen LogP contribution is -2.41. The molecule has 0 saturated carbocycles. The maximum absolute atomic E-state index is 12.0. The fourth-order valence-corrected chi connectivity index (χ4v) is 2.52. The molecule has 2 aromatic rings. The van der Waals surface area contributed by atoms with Gasteiger partial charge < -0.3 is 15.6 Å². The predicted molar refractivity (Wildman–Crippen MR) is 91.7 cm³/mol. The number of carbonyl (C=O) groups is 1.